The third kappa shape index (κ3) is 6.00. The second-order valence-electron chi connectivity index (χ2n) is 10.2. The Hall–Kier alpha value is -4.23. The van der Waals surface area contributed by atoms with E-state index in [9.17, 15) is 36.2 Å². The van der Waals surface area contributed by atoms with E-state index in [2.05, 4.69) is 10.4 Å². The van der Waals surface area contributed by atoms with E-state index in [1.807, 2.05) is 25.1 Å². The van der Waals surface area contributed by atoms with Crippen LogP contribution in [0.3, 0.4) is 0 Å². The van der Waals surface area contributed by atoms with E-state index in [-0.39, 0.29) is 17.8 Å². The number of nitrogens with zero attached hydrogens (tertiary/aromatic N) is 2. The first-order chi connectivity index (χ1) is 20.2. The largest absolute Gasteiger partial charge is 0.437 e. The lowest BCUT2D eigenvalue weighted by Crippen LogP contribution is -2.72. The summed E-state index contributed by atoms with van der Waals surface area (Å²) >= 11 is 5.05. The van der Waals surface area contributed by atoms with Gasteiger partial charge in [0.25, 0.3) is 0 Å². The first-order valence-corrected chi connectivity index (χ1v) is 13.4. The van der Waals surface area contributed by atoms with Crippen molar-refractivity contribution < 1.29 is 36.2 Å². The molecule has 1 aliphatic rings. The van der Waals surface area contributed by atoms with E-state index >= 15 is 0 Å². The number of nitrogens with one attached hydrogen (secondary N) is 2. The van der Waals surface area contributed by atoms with Gasteiger partial charge in [-0.3, -0.25) is 9.48 Å². The van der Waals surface area contributed by atoms with Crippen LogP contribution in [0, 0.1) is 12.8 Å². The molecule has 3 N–H and O–H groups in total. The van der Waals surface area contributed by atoms with Crippen LogP contribution in [0.4, 0.5) is 26.3 Å². The van der Waals surface area contributed by atoms with Gasteiger partial charge in [0.2, 0.25) is 5.72 Å². The maximum absolute atomic E-state index is 14.6. The monoisotopic (exact) mass is 618 g/mol. The number of carbonyl (C=O) groups is 1. The molecule has 0 radical (unpaired) electrons. The number of hydrogen-bond acceptors (Lipinski definition) is 4. The number of halogens is 6. The Labute approximate surface area is 247 Å². The number of benzene rings is 3. The van der Waals surface area contributed by atoms with Crippen molar-refractivity contribution in [2.75, 3.05) is 0 Å². The van der Waals surface area contributed by atoms with Gasteiger partial charge in [0.15, 0.2) is 10.9 Å². The summed E-state index contributed by atoms with van der Waals surface area (Å²) in [6.45, 7) is 2.06. The molecule has 4 aromatic rings. The van der Waals surface area contributed by atoms with Crippen molar-refractivity contribution in [3.63, 3.8) is 0 Å². The second kappa shape index (κ2) is 11.1. The molecule has 0 aliphatic carbocycles. The Kier molecular flexibility index (Phi) is 7.82. The van der Waals surface area contributed by atoms with Gasteiger partial charge < -0.3 is 15.7 Å². The molecule has 1 aromatic heterocycles. The molecule has 3 unspecified atom stereocenters. The Morgan fingerprint density at radius 3 is 2.30 bits per heavy atom. The molecule has 224 valence electrons. The van der Waals surface area contributed by atoms with Gasteiger partial charge in [0.1, 0.15) is 5.92 Å². The summed E-state index contributed by atoms with van der Waals surface area (Å²) in [6.07, 6.45) is -8.89. The van der Waals surface area contributed by atoms with Crippen LogP contribution in [0.5, 0.6) is 0 Å². The van der Waals surface area contributed by atoms with Gasteiger partial charge in [0, 0.05) is 22.9 Å². The number of thiocarbonyl (C=S) groups is 1. The molecule has 1 aliphatic heterocycles. The van der Waals surface area contributed by atoms with Gasteiger partial charge in [-0.2, -0.15) is 31.4 Å². The zero-order valence-corrected chi connectivity index (χ0v) is 23.2. The molecule has 2 heterocycles. The average molecular weight is 619 g/mol. The molecule has 0 bridgehead atoms. The minimum absolute atomic E-state index is 0.0802. The van der Waals surface area contributed by atoms with Gasteiger partial charge in [-0.15, -0.1) is 0 Å². The van der Waals surface area contributed by atoms with Crippen LogP contribution in [0.1, 0.15) is 38.7 Å². The molecule has 3 atom stereocenters. The van der Waals surface area contributed by atoms with Crippen molar-refractivity contribution in [1.29, 1.82) is 0 Å². The quantitative estimate of drug-likeness (QED) is 0.136. The predicted octanol–water partition coefficient (Wildman–Crippen LogP) is 6.19. The summed E-state index contributed by atoms with van der Waals surface area (Å²) in [6, 6.07) is 17.4. The fourth-order valence-electron chi connectivity index (χ4n) is 5.08. The summed E-state index contributed by atoms with van der Waals surface area (Å²) in [5, 5.41) is 19.6. The summed E-state index contributed by atoms with van der Waals surface area (Å²) in [4.78, 5) is 13.8. The van der Waals surface area contributed by atoms with Crippen LogP contribution >= 0.6 is 12.2 Å². The number of aliphatic hydroxyl groups is 1. The molecule has 3 aromatic carbocycles. The van der Waals surface area contributed by atoms with Crippen LogP contribution in [0.25, 0.3) is 11.3 Å². The van der Waals surface area contributed by atoms with Crippen molar-refractivity contribution in [3.05, 3.63) is 113 Å². The van der Waals surface area contributed by atoms with Crippen molar-refractivity contribution in [2.45, 2.75) is 37.6 Å². The van der Waals surface area contributed by atoms with Crippen molar-refractivity contribution >= 4 is 23.1 Å². The molecule has 43 heavy (non-hydrogen) atoms. The summed E-state index contributed by atoms with van der Waals surface area (Å²) in [5.41, 5.74) is -3.33. The molecular weight excluding hydrogens is 594 g/mol. The van der Waals surface area contributed by atoms with Crippen LogP contribution in [-0.4, -0.2) is 37.7 Å². The number of ketones is 1. The van der Waals surface area contributed by atoms with E-state index in [0.717, 1.165) is 23.3 Å². The average Bonchev–Trinajstić information content (AvgIpc) is 3.36. The van der Waals surface area contributed by atoms with Gasteiger partial charge in [-0.1, -0.05) is 72.3 Å². The van der Waals surface area contributed by atoms with E-state index in [1.54, 1.807) is 41.7 Å². The van der Waals surface area contributed by atoms with E-state index in [1.165, 1.54) is 10.9 Å². The zero-order chi connectivity index (χ0) is 31.2. The molecule has 5 rings (SSSR count). The van der Waals surface area contributed by atoms with Crippen LogP contribution in [-0.2, 0) is 12.7 Å². The van der Waals surface area contributed by atoms with E-state index < -0.39 is 52.1 Å². The number of hydrogen-bond donors (Lipinski definition) is 3. The molecule has 0 amide bonds. The lowest BCUT2D eigenvalue weighted by Gasteiger charge is -2.46. The fourth-order valence-corrected chi connectivity index (χ4v) is 5.36. The van der Waals surface area contributed by atoms with Crippen molar-refractivity contribution in [1.82, 2.24) is 20.4 Å². The Bertz CT molecular complexity index is 1650. The Balaban J connectivity index is 1.70. The number of carbonyl (C=O) groups excluding carboxylic acids is 1. The standard InChI is InChI=1S/C30H24F6N4O2S/c1-17-10-12-19(13-11-17)24-22(16-40(39-24)15-18-6-3-2-4-7-18)25-23(28(42,30(34,35)36)38-27(43)37-25)26(41)20-8-5-9-21(14-20)29(31,32)33/h2-14,16,23,25,42H,15H2,1H3,(H2,37,38,43). The highest BCUT2D eigenvalue weighted by Gasteiger charge is 2.66. The molecule has 13 heteroatoms. The first-order valence-electron chi connectivity index (χ1n) is 12.9. The van der Waals surface area contributed by atoms with Crippen LogP contribution in [0.15, 0.2) is 85.1 Å². The number of alkyl halides is 6. The van der Waals surface area contributed by atoms with Gasteiger partial charge in [-0.25, -0.2) is 0 Å². The molecule has 1 saturated heterocycles. The molecular formula is C30H24F6N4O2S. The molecule has 6 nitrogen and oxygen atoms in total. The maximum Gasteiger partial charge on any atom is 0.437 e. The van der Waals surface area contributed by atoms with Crippen molar-refractivity contribution in [2.24, 2.45) is 5.92 Å². The normalized spacial score (nSPS) is 20.8. The SMILES string of the molecule is Cc1ccc(-c2nn(Cc3ccccc3)cc2C2NC(=S)NC(O)(C(F)(F)F)C2C(=O)c2cccc(C(F)(F)F)c2)cc1. The highest BCUT2D eigenvalue weighted by Crippen LogP contribution is 2.46. The van der Waals surface area contributed by atoms with Gasteiger partial charge >= 0.3 is 12.4 Å². The lowest BCUT2D eigenvalue weighted by molar-refractivity contribution is -0.285. The molecule has 0 spiro atoms. The topological polar surface area (TPSA) is 79.2 Å². The summed E-state index contributed by atoms with van der Waals surface area (Å²) in [5.74, 6) is -3.80. The number of aryl methyl sites for hydroxylation is 1. The van der Waals surface area contributed by atoms with E-state index in [0.29, 0.717) is 17.7 Å². The third-order valence-corrected chi connectivity index (χ3v) is 7.42. The van der Waals surface area contributed by atoms with Crippen molar-refractivity contribution in [3.8, 4) is 11.3 Å². The minimum Gasteiger partial charge on any atom is -0.363 e. The predicted molar refractivity (Wildman–Crippen MR) is 150 cm³/mol. The number of aromatic nitrogens is 2. The van der Waals surface area contributed by atoms with Crippen LogP contribution < -0.4 is 10.6 Å². The number of Topliss-reactive ketones (excluding diaryl/α,β-unsaturated/α-hetero) is 1. The van der Waals surface area contributed by atoms with Gasteiger partial charge in [-0.05, 0) is 36.8 Å². The second-order valence-corrected chi connectivity index (χ2v) is 10.7. The van der Waals surface area contributed by atoms with Crippen LogP contribution in [0.2, 0.25) is 0 Å². The lowest BCUT2D eigenvalue weighted by atomic mass is 9.77. The minimum atomic E-state index is -5.47. The zero-order valence-electron chi connectivity index (χ0n) is 22.4. The Morgan fingerprint density at radius 2 is 1.67 bits per heavy atom. The number of rotatable bonds is 6. The summed E-state index contributed by atoms with van der Waals surface area (Å²) in [7, 11) is 0. The smallest absolute Gasteiger partial charge is 0.363 e. The van der Waals surface area contributed by atoms with E-state index in [4.69, 9.17) is 12.2 Å². The molecule has 1 fully saturated rings. The maximum atomic E-state index is 14.6. The highest BCUT2D eigenvalue weighted by atomic mass is 32.1. The first kappa shape index (κ1) is 30.2. The highest BCUT2D eigenvalue weighted by molar-refractivity contribution is 7.80. The fraction of sp³-hybridized carbons (Fsp3) is 0.233. The van der Waals surface area contributed by atoms with Gasteiger partial charge in [0.05, 0.1) is 23.8 Å². The Morgan fingerprint density at radius 1 is 1.00 bits per heavy atom. The summed E-state index contributed by atoms with van der Waals surface area (Å²) < 4.78 is 85.6. The third-order valence-electron chi connectivity index (χ3n) is 7.20. The molecule has 0 saturated carbocycles.